The molecule has 0 heterocycles. The molecule has 3 N–H and O–H groups in total. The molecule has 0 aliphatic rings. The third-order valence-electron chi connectivity index (χ3n) is 3.25. The van der Waals surface area contributed by atoms with E-state index in [0.717, 1.165) is 6.54 Å². The van der Waals surface area contributed by atoms with Crippen LogP contribution >= 0.6 is 0 Å². The van der Waals surface area contributed by atoms with Crippen molar-refractivity contribution in [3.63, 3.8) is 0 Å². The summed E-state index contributed by atoms with van der Waals surface area (Å²) in [6.07, 6.45) is 0. The smallest absolute Gasteiger partial charge is 0.241 e. The van der Waals surface area contributed by atoms with E-state index >= 15 is 0 Å². The lowest BCUT2D eigenvalue weighted by molar-refractivity contribution is -0.120. The predicted octanol–water partition coefficient (Wildman–Crippen LogP) is 2.58. The van der Waals surface area contributed by atoms with Crippen molar-refractivity contribution in [2.24, 2.45) is 5.41 Å². The zero-order valence-electron chi connectivity index (χ0n) is 13.9. The molecule has 1 aromatic rings. The van der Waals surface area contributed by atoms with Crippen LogP contribution in [0.3, 0.4) is 0 Å². The molecule has 5 nitrogen and oxygen atoms in total. The van der Waals surface area contributed by atoms with Gasteiger partial charge in [0.1, 0.15) is 5.75 Å². The number of amides is 1. The summed E-state index contributed by atoms with van der Waals surface area (Å²) in [6.45, 7) is 9.18. The molecule has 1 unspecified atom stereocenters. The minimum absolute atomic E-state index is 0.0650. The Morgan fingerprint density at radius 2 is 2.05 bits per heavy atom. The minimum atomic E-state index is -0.230. The molecular weight excluding hydrogens is 266 g/mol. The molecule has 0 bridgehead atoms. The van der Waals surface area contributed by atoms with Gasteiger partial charge < -0.3 is 15.8 Å². The van der Waals surface area contributed by atoms with E-state index < -0.39 is 0 Å². The van der Waals surface area contributed by atoms with E-state index in [2.05, 4.69) is 26.1 Å². The van der Waals surface area contributed by atoms with Gasteiger partial charge in [-0.05, 0) is 31.5 Å². The number of carbonyl (C=O) groups is 1. The van der Waals surface area contributed by atoms with Gasteiger partial charge in [0.25, 0.3) is 0 Å². The Morgan fingerprint density at radius 1 is 1.43 bits per heavy atom. The van der Waals surface area contributed by atoms with Gasteiger partial charge in [-0.15, -0.1) is 0 Å². The summed E-state index contributed by atoms with van der Waals surface area (Å²) in [5.74, 6) is 0.499. The van der Waals surface area contributed by atoms with Crippen molar-refractivity contribution in [1.82, 2.24) is 4.90 Å². The third-order valence-corrected chi connectivity index (χ3v) is 3.25. The SMILES string of the molecule is COc1cc(N)ccc1NC(=O)C(C)N(C)CC(C)(C)C. The average molecular weight is 293 g/mol. The van der Waals surface area contributed by atoms with E-state index in [1.54, 1.807) is 25.3 Å². The second-order valence-electron chi connectivity index (χ2n) is 6.60. The summed E-state index contributed by atoms with van der Waals surface area (Å²) >= 11 is 0. The molecule has 0 aliphatic heterocycles. The van der Waals surface area contributed by atoms with Crippen LogP contribution in [0.25, 0.3) is 0 Å². The zero-order valence-corrected chi connectivity index (χ0v) is 13.9. The summed E-state index contributed by atoms with van der Waals surface area (Å²) in [5.41, 5.74) is 7.08. The van der Waals surface area contributed by atoms with Crippen LogP contribution in [0.5, 0.6) is 5.75 Å². The van der Waals surface area contributed by atoms with E-state index in [0.29, 0.717) is 17.1 Å². The van der Waals surface area contributed by atoms with E-state index in [-0.39, 0.29) is 17.4 Å². The zero-order chi connectivity index (χ0) is 16.2. The lowest BCUT2D eigenvalue weighted by atomic mass is 9.95. The summed E-state index contributed by atoms with van der Waals surface area (Å²) in [4.78, 5) is 14.4. The molecule has 1 rings (SSSR count). The van der Waals surface area contributed by atoms with Crippen molar-refractivity contribution in [2.75, 3.05) is 31.8 Å². The molecule has 21 heavy (non-hydrogen) atoms. The lowest BCUT2D eigenvalue weighted by Gasteiger charge is -2.30. The third kappa shape index (κ3) is 5.27. The summed E-state index contributed by atoms with van der Waals surface area (Å²) in [7, 11) is 3.51. The molecule has 0 aliphatic carbocycles. The number of rotatable bonds is 5. The molecule has 0 saturated carbocycles. The molecule has 1 amide bonds. The van der Waals surface area contributed by atoms with Crippen LogP contribution in [0.1, 0.15) is 27.7 Å². The van der Waals surface area contributed by atoms with E-state index in [1.165, 1.54) is 0 Å². The number of nitrogens with two attached hydrogens (primary N) is 1. The Labute approximate surface area is 127 Å². The highest BCUT2D eigenvalue weighted by Crippen LogP contribution is 2.27. The van der Waals surface area contributed by atoms with E-state index in [9.17, 15) is 4.79 Å². The largest absolute Gasteiger partial charge is 0.494 e. The van der Waals surface area contributed by atoms with Crippen LogP contribution in [0, 0.1) is 5.41 Å². The molecule has 0 spiro atoms. The molecule has 1 aromatic carbocycles. The Hall–Kier alpha value is -1.75. The van der Waals surface area contributed by atoms with Gasteiger partial charge in [-0.3, -0.25) is 9.69 Å². The van der Waals surface area contributed by atoms with Crippen LogP contribution in [0.2, 0.25) is 0 Å². The van der Waals surface area contributed by atoms with Crippen LogP contribution in [0.4, 0.5) is 11.4 Å². The first-order valence-electron chi connectivity index (χ1n) is 7.08. The Morgan fingerprint density at radius 3 is 2.57 bits per heavy atom. The number of hydrogen-bond acceptors (Lipinski definition) is 4. The quantitative estimate of drug-likeness (QED) is 0.819. The molecular formula is C16H27N3O2. The highest BCUT2D eigenvalue weighted by molar-refractivity contribution is 5.96. The van der Waals surface area contributed by atoms with Gasteiger partial charge in [0, 0.05) is 18.3 Å². The number of anilines is 2. The first-order valence-corrected chi connectivity index (χ1v) is 7.08. The molecule has 0 radical (unpaired) electrons. The minimum Gasteiger partial charge on any atom is -0.494 e. The molecule has 118 valence electrons. The van der Waals surface area contributed by atoms with Crippen molar-refractivity contribution in [1.29, 1.82) is 0 Å². The van der Waals surface area contributed by atoms with Crippen LogP contribution in [-0.2, 0) is 4.79 Å². The van der Waals surface area contributed by atoms with E-state index in [4.69, 9.17) is 10.5 Å². The Kier molecular flexibility index (Phi) is 5.61. The number of hydrogen-bond donors (Lipinski definition) is 2. The van der Waals surface area contributed by atoms with Gasteiger partial charge >= 0.3 is 0 Å². The van der Waals surface area contributed by atoms with Crippen molar-refractivity contribution in [3.05, 3.63) is 18.2 Å². The van der Waals surface area contributed by atoms with Crippen molar-refractivity contribution < 1.29 is 9.53 Å². The van der Waals surface area contributed by atoms with Gasteiger partial charge in [0.05, 0.1) is 18.8 Å². The fourth-order valence-corrected chi connectivity index (χ4v) is 2.13. The van der Waals surface area contributed by atoms with Gasteiger partial charge in [-0.1, -0.05) is 20.8 Å². The van der Waals surface area contributed by atoms with E-state index in [1.807, 2.05) is 18.9 Å². The number of nitrogens with one attached hydrogen (secondary N) is 1. The highest BCUT2D eigenvalue weighted by Gasteiger charge is 2.23. The average Bonchev–Trinajstić information content (AvgIpc) is 2.37. The monoisotopic (exact) mass is 293 g/mol. The molecule has 5 heteroatoms. The Bertz CT molecular complexity index is 495. The summed E-state index contributed by atoms with van der Waals surface area (Å²) in [6, 6.07) is 4.95. The summed E-state index contributed by atoms with van der Waals surface area (Å²) < 4.78 is 5.24. The maximum atomic E-state index is 12.4. The molecule has 0 fully saturated rings. The van der Waals surface area contributed by atoms with Crippen LogP contribution in [-0.4, -0.2) is 37.6 Å². The number of ether oxygens (including phenoxy) is 1. The summed E-state index contributed by atoms with van der Waals surface area (Å²) in [5, 5.41) is 2.89. The lowest BCUT2D eigenvalue weighted by Crippen LogP contribution is -2.43. The molecule has 0 aromatic heterocycles. The maximum Gasteiger partial charge on any atom is 0.241 e. The number of likely N-dealkylation sites (N-methyl/N-ethyl adjacent to an activating group) is 1. The van der Waals surface area contributed by atoms with Crippen molar-refractivity contribution in [3.8, 4) is 5.75 Å². The van der Waals surface area contributed by atoms with Gasteiger partial charge in [0.2, 0.25) is 5.91 Å². The second kappa shape index (κ2) is 6.80. The standard InChI is InChI=1S/C16H27N3O2/c1-11(19(5)10-16(2,3)4)15(20)18-13-8-7-12(17)9-14(13)21-6/h7-9,11H,10,17H2,1-6H3,(H,18,20). The Balaban J connectivity index is 2.77. The van der Waals surface area contributed by atoms with Gasteiger partial charge in [0.15, 0.2) is 0 Å². The first-order chi connectivity index (χ1) is 9.64. The fraction of sp³-hybridized carbons (Fsp3) is 0.562. The van der Waals surface area contributed by atoms with Crippen LogP contribution in [0.15, 0.2) is 18.2 Å². The van der Waals surface area contributed by atoms with Crippen molar-refractivity contribution >= 4 is 17.3 Å². The first kappa shape index (κ1) is 17.3. The van der Waals surface area contributed by atoms with Crippen molar-refractivity contribution in [2.45, 2.75) is 33.7 Å². The topological polar surface area (TPSA) is 67.6 Å². The van der Waals surface area contributed by atoms with Gasteiger partial charge in [-0.2, -0.15) is 0 Å². The normalized spacial score (nSPS) is 13.1. The molecule has 0 saturated heterocycles. The number of benzene rings is 1. The predicted molar refractivity (Wildman–Crippen MR) is 87.6 cm³/mol. The number of methoxy groups -OCH3 is 1. The van der Waals surface area contributed by atoms with Gasteiger partial charge in [-0.25, -0.2) is 0 Å². The fourth-order valence-electron chi connectivity index (χ4n) is 2.13. The second-order valence-corrected chi connectivity index (χ2v) is 6.60. The number of carbonyl (C=O) groups excluding carboxylic acids is 1. The molecule has 1 atom stereocenters. The maximum absolute atomic E-state index is 12.4. The highest BCUT2D eigenvalue weighted by atomic mass is 16.5. The number of nitrogens with zero attached hydrogens (tertiary/aromatic N) is 1. The number of nitrogen functional groups attached to an aromatic ring is 1. The van der Waals surface area contributed by atoms with Crippen LogP contribution < -0.4 is 15.8 Å².